The Bertz CT molecular complexity index is 601. The molecule has 22 heavy (non-hydrogen) atoms. The zero-order valence-corrected chi connectivity index (χ0v) is 13.3. The van der Waals surface area contributed by atoms with Crippen molar-refractivity contribution in [2.75, 3.05) is 13.2 Å². The van der Waals surface area contributed by atoms with Gasteiger partial charge in [-0.1, -0.05) is 23.7 Å². The van der Waals surface area contributed by atoms with Gasteiger partial charge in [0.2, 0.25) is 0 Å². The molecule has 0 amide bonds. The van der Waals surface area contributed by atoms with Gasteiger partial charge < -0.3 is 14.2 Å². The maximum absolute atomic E-state index is 5.87. The standard InChI is InChI=1S/C18H19ClO3/c1-18(21-11-2-12-22-18)15-5-9-17(10-6-15)20-13-14-3-7-16(19)8-4-14/h3-10H,2,11-13H2,1H3. The van der Waals surface area contributed by atoms with Gasteiger partial charge in [0.1, 0.15) is 12.4 Å². The molecule has 1 saturated heterocycles. The van der Waals surface area contributed by atoms with Crippen LogP contribution in [-0.4, -0.2) is 13.2 Å². The molecule has 0 aromatic heterocycles. The van der Waals surface area contributed by atoms with E-state index in [1.807, 2.05) is 55.5 Å². The van der Waals surface area contributed by atoms with E-state index in [9.17, 15) is 0 Å². The molecule has 1 aliphatic rings. The molecule has 0 N–H and O–H groups in total. The smallest absolute Gasteiger partial charge is 0.191 e. The average molecular weight is 319 g/mol. The second-order valence-electron chi connectivity index (χ2n) is 5.44. The highest BCUT2D eigenvalue weighted by atomic mass is 35.5. The molecule has 0 unspecified atom stereocenters. The van der Waals surface area contributed by atoms with Gasteiger partial charge in [-0.3, -0.25) is 0 Å². The first-order valence-electron chi connectivity index (χ1n) is 7.41. The Morgan fingerprint density at radius 2 is 1.64 bits per heavy atom. The predicted octanol–water partition coefficient (Wildman–Crippen LogP) is 4.53. The van der Waals surface area contributed by atoms with Crippen LogP contribution in [0, 0.1) is 0 Å². The van der Waals surface area contributed by atoms with Gasteiger partial charge in [0.05, 0.1) is 13.2 Å². The summed E-state index contributed by atoms with van der Waals surface area (Å²) in [7, 11) is 0. The second-order valence-corrected chi connectivity index (χ2v) is 5.87. The van der Waals surface area contributed by atoms with Crippen molar-refractivity contribution in [2.45, 2.75) is 25.7 Å². The van der Waals surface area contributed by atoms with Crippen molar-refractivity contribution >= 4 is 11.6 Å². The monoisotopic (exact) mass is 318 g/mol. The fourth-order valence-corrected chi connectivity index (χ4v) is 2.53. The number of halogens is 1. The molecule has 0 atom stereocenters. The summed E-state index contributed by atoms with van der Waals surface area (Å²) in [6.07, 6.45) is 0.942. The summed E-state index contributed by atoms with van der Waals surface area (Å²) in [6.45, 7) is 3.92. The minimum Gasteiger partial charge on any atom is -0.489 e. The van der Waals surface area contributed by atoms with E-state index in [1.165, 1.54) is 0 Å². The number of benzene rings is 2. The molecule has 3 rings (SSSR count). The van der Waals surface area contributed by atoms with Crippen LogP contribution in [-0.2, 0) is 21.9 Å². The molecule has 0 saturated carbocycles. The zero-order valence-electron chi connectivity index (χ0n) is 12.5. The quantitative estimate of drug-likeness (QED) is 0.829. The van der Waals surface area contributed by atoms with Crippen molar-refractivity contribution in [2.24, 2.45) is 0 Å². The van der Waals surface area contributed by atoms with E-state index >= 15 is 0 Å². The first kappa shape index (κ1) is 15.3. The fraction of sp³-hybridized carbons (Fsp3) is 0.333. The van der Waals surface area contributed by atoms with Gasteiger partial charge in [0.15, 0.2) is 5.79 Å². The van der Waals surface area contributed by atoms with E-state index in [0.29, 0.717) is 6.61 Å². The van der Waals surface area contributed by atoms with E-state index in [4.69, 9.17) is 25.8 Å². The molecule has 2 aromatic rings. The predicted molar refractivity (Wildman–Crippen MR) is 86.1 cm³/mol. The van der Waals surface area contributed by atoms with Crippen molar-refractivity contribution in [3.05, 3.63) is 64.7 Å². The lowest BCUT2D eigenvalue weighted by molar-refractivity contribution is -0.264. The number of ether oxygens (including phenoxy) is 3. The van der Waals surface area contributed by atoms with Crippen LogP contribution in [0.4, 0.5) is 0 Å². The Labute approximate surface area is 135 Å². The lowest BCUT2D eigenvalue weighted by Gasteiger charge is -2.34. The van der Waals surface area contributed by atoms with Crippen LogP contribution >= 0.6 is 11.6 Å². The molecule has 116 valence electrons. The van der Waals surface area contributed by atoms with E-state index in [-0.39, 0.29) is 0 Å². The highest BCUT2D eigenvalue weighted by Gasteiger charge is 2.30. The Kier molecular flexibility index (Phi) is 4.67. The Morgan fingerprint density at radius 3 is 2.27 bits per heavy atom. The third-order valence-electron chi connectivity index (χ3n) is 3.74. The largest absolute Gasteiger partial charge is 0.489 e. The van der Waals surface area contributed by atoms with Crippen LogP contribution in [0.15, 0.2) is 48.5 Å². The Balaban J connectivity index is 1.62. The van der Waals surface area contributed by atoms with Crippen molar-refractivity contribution < 1.29 is 14.2 Å². The topological polar surface area (TPSA) is 27.7 Å². The lowest BCUT2D eigenvalue weighted by Crippen LogP contribution is -2.34. The van der Waals surface area contributed by atoms with Gasteiger partial charge >= 0.3 is 0 Å². The number of rotatable bonds is 4. The van der Waals surface area contributed by atoms with E-state index in [0.717, 1.165) is 41.5 Å². The van der Waals surface area contributed by atoms with Crippen molar-refractivity contribution in [1.29, 1.82) is 0 Å². The minimum absolute atomic E-state index is 0.515. The fourth-order valence-electron chi connectivity index (χ4n) is 2.40. The van der Waals surface area contributed by atoms with Crippen molar-refractivity contribution in [3.63, 3.8) is 0 Å². The van der Waals surface area contributed by atoms with Crippen molar-refractivity contribution in [3.8, 4) is 5.75 Å². The van der Waals surface area contributed by atoms with Gasteiger partial charge in [0, 0.05) is 10.6 Å². The van der Waals surface area contributed by atoms with Crippen LogP contribution in [0.5, 0.6) is 5.75 Å². The average Bonchev–Trinajstić information content (AvgIpc) is 2.55. The summed E-state index contributed by atoms with van der Waals surface area (Å²) >= 11 is 5.87. The lowest BCUT2D eigenvalue weighted by atomic mass is 10.1. The summed E-state index contributed by atoms with van der Waals surface area (Å²) in [5.41, 5.74) is 2.09. The molecule has 1 heterocycles. The zero-order chi connectivity index (χ0) is 15.4. The molecular weight excluding hydrogens is 300 g/mol. The molecule has 0 aliphatic carbocycles. The molecule has 2 aromatic carbocycles. The summed E-state index contributed by atoms with van der Waals surface area (Å²) < 4.78 is 17.3. The third-order valence-corrected chi connectivity index (χ3v) is 3.99. The van der Waals surface area contributed by atoms with Crippen LogP contribution in [0.1, 0.15) is 24.5 Å². The van der Waals surface area contributed by atoms with Gasteiger partial charge in [-0.05, 0) is 55.3 Å². The van der Waals surface area contributed by atoms with Gasteiger partial charge in [-0.2, -0.15) is 0 Å². The van der Waals surface area contributed by atoms with Gasteiger partial charge in [-0.15, -0.1) is 0 Å². The highest BCUT2D eigenvalue weighted by Crippen LogP contribution is 2.31. The Morgan fingerprint density at radius 1 is 1.00 bits per heavy atom. The number of hydrogen-bond donors (Lipinski definition) is 0. The Hall–Kier alpha value is -1.55. The van der Waals surface area contributed by atoms with Gasteiger partial charge in [0.25, 0.3) is 0 Å². The van der Waals surface area contributed by atoms with Crippen LogP contribution in [0.25, 0.3) is 0 Å². The molecule has 3 nitrogen and oxygen atoms in total. The third kappa shape index (κ3) is 3.61. The molecule has 0 spiro atoms. The maximum Gasteiger partial charge on any atom is 0.191 e. The molecule has 0 bridgehead atoms. The number of hydrogen-bond acceptors (Lipinski definition) is 3. The van der Waals surface area contributed by atoms with Crippen molar-refractivity contribution in [1.82, 2.24) is 0 Å². The first-order valence-corrected chi connectivity index (χ1v) is 7.79. The van der Waals surface area contributed by atoms with E-state index in [1.54, 1.807) is 0 Å². The summed E-state index contributed by atoms with van der Waals surface area (Å²) in [5, 5.41) is 0.730. The van der Waals surface area contributed by atoms with Crippen LogP contribution in [0.2, 0.25) is 5.02 Å². The van der Waals surface area contributed by atoms with E-state index < -0.39 is 5.79 Å². The maximum atomic E-state index is 5.87. The molecule has 1 aliphatic heterocycles. The SMILES string of the molecule is CC1(c2ccc(OCc3ccc(Cl)cc3)cc2)OCCCO1. The summed E-state index contributed by atoms with van der Waals surface area (Å²) in [5.74, 6) is 0.172. The van der Waals surface area contributed by atoms with E-state index in [2.05, 4.69) is 0 Å². The molecule has 0 radical (unpaired) electrons. The van der Waals surface area contributed by atoms with Crippen LogP contribution < -0.4 is 4.74 Å². The van der Waals surface area contributed by atoms with Crippen LogP contribution in [0.3, 0.4) is 0 Å². The molecular formula is C18H19ClO3. The summed E-state index contributed by atoms with van der Waals surface area (Å²) in [4.78, 5) is 0. The normalized spacial score (nSPS) is 17.2. The molecule has 1 fully saturated rings. The second kappa shape index (κ2) is 6.69. The summed E-state index contributed by atoms with van der Waals surface area (Å²) in [6, 6.07) is 15.5. The minimum atomic E-state index is -0.646. The highest BCUT2D eigenvalue weighted by molar-refractivity contribution is 6.30. The van der Waals surface area contributed by atoms with Gasteiger partial charge in [-0.25, -0.2) is 0 Å². The molecule has 4 heteroatoms. The first-order chi connectivity index (χ1) is 10.7.